The third kappa shape index (κ3) is 2.34. The molecule has 0 fully saturated rings. The first kappa shape index (κ1) is 10.3. The summed E-state index contributed by atoms with van der Waals surface area (Å²) in [4.78, 5) is 14.9. The summed E-state index contributed by atoms with van der Waals surface area (Å²) in [7, 11) is 0. The predicted octanol–water partition coefficient (Wildman–Crippen LogP) is 2.82. The second-order valence-corrected chi connectivity index (χ2v) is 3.80. The number of carbonyl (C=O) groups excluding carboxylic acids is 1. The second-order valence-electron chi connectivity index (χ2n) is 2.99. The summed E-state index contributed by atoms with van der Waals surface area (Å²) in [5.41, 5.74) is 0.0539. The van der Waals surface area contributed by atoms with E-state index in [1.165, 1.54) is 6.07 Å². The maximum Gasteiger partial charge on any atom is 0.224 e. The Bertz CT molecular complexity index is 338. The van der Waals surface area contributed by atoms with Crippen molar-refractivity contribution in [1.82, 2.24) is 4.98 Å². The summed E-state index contributed by atoms with van der Waals surface area (Å²) in [5.74, 6) is -1.15. The fourth-order valence-corrected chi connectivity index (χ4v) is 1.19. The van der Waals surface area contributed by atoms with E-state index in [9.17, 15) is 9.18 Å². The van der Waals surface area contributed by atoms with Crippen molar-refractivity contribution in [2.24, 2.45) is 5.92 Å². The van der Waals surface area contributed by atoms with Crippen molar-refractivity contribution in [3.05, 3.63) is 28.2 Å². The maximum absolute atomic E-state index is 13.1. The van der Waals surface area contributed by atoms with Gasteiger partial charge in [-0.2, -0.15) is 4.39 Å². The van der Waals surface area contributed by atoms with E-state index in [2.05, 4.69) is 20.9 Å². The third-order valence-electron chi connectivity index (χ3n) is 1.60. The highest BCUT2D eigenvalue weighted by Gasteiger charge is 2.15. The molecule has 0 aromatic carbocycles. The zero-order chi connectivity index (χ0) is 10.0. The molecule has 1 aromatic heterocycles. The molecule has 0 amide bonds. The fraction of sp³-hybridized carbons (Fsp3) is 0.333. The van der Waals surface area contributed by atoms with Crippen molar-refractivity contribution in [2.45, 2.75) is 13.8 Å². The van der Waals surface area contributed by atoms with Crippen LogP contribution in [0.5, 0.6) is 0 Å². The van der Waals surface area contributed by atoms with Crippen molar-refractivity contribution in [3.63, 3.8) is 0 Å². The Hall–Kier alpha value is -0.770. The number of halogens is 2. The molecule has 1 rings (SSSR count). The normalized spacial score (nSPS) is 10.5. The highest BCUT2D eigenvalue weighted by atomic mass is 79.9. The van der Waals surface area contributed by atoms with E-state index in [0.717, 1.165) is 0 Å². The number of ketones is 1. The first-order valence-electron chi connectivity index (χ1n) is 3.88. The Morgan fingerprint density at radius 3 is 2.62 bits per heavy atom. The molecular weight excluding hydrogens is 237 g/mol. The topological polar surface area (TPSA) is 30.0 Å². The lowest BCUT2D eigenvalue weighted by Gasteiger charge is -2.04. The van der Waals surface area contributed by atoms with Crippen LogP contribution >= 0.6 is 15.9 Å². The van der Waals surface area contributed by atoms with E-state index < -0.39 is 5.95 Å². The molecule has 0 unspecified atom stereocenters. The van der Waals surface area contributed by atoms with Crippen LogP contribution in [-0.2, 0) is 0 Å². The summed E-state index contributed by atoms with van der Waals surface area (Å²) in [5, 5.41) is 0. The van der Waals surface area contributed by atoms with E-state index in [1.807, 2.05) is 0 Å². The van der Waals surface area contributed by atoms with Gasteiger partial charge in [0.15, 0.2) is 5.78 Å². The lowest BCUT2D eigenvalue weighted by molar-refractivity contribution is 0.0934. The van der Waals surface area contributed by atoms with E-state index in [0.29, 0.717) is 4.60 Å². The van der Waals surface area contributed by atoms with Gasteiger partial charge in [0.05, 0.1) is 5.56 Å². The Labute approximate surface area is 84.3 Å². The van der Waals surface area contributed by atoms with E-state index >= 15 is 0 Å². The van der Waals surface area contributed by atoms with Gasteiger partial charge in [-0.1, -0.05) is 13.8 Å². The summed E-state index contributed by atoms with van der Waals surface area (Å²) in [6, 6.07) is 2.99. The average Bonchev–Trinajstić information content (AvgIpc) is 2.03. The highest BCUT2D eigenvalue weighted by Crippen LogP contribution is 2.14. The van der Waals surface area contributed by atoms with Gasteiger partial charge in [-0.15, -0.1) is 0 Å². The van der Waals surface area contributed by atoms with Gasteiger partial charge in [0.2, 0.25) is 5.95 Å². The van der Waals surface area contributed by atoms with Gasteiger partial charge < -0.3 is 0 Å². The second kappa shape index (κ2) is 3.96. The quantitative estimate of drug-likeness (QED) is 0.593. The summed E-state index contributed by atoms with van der Waals surface area (Å²) in [6.45, 7) is 3.45. The van der Waals surface area contributed by atoms with Crippen molar-refractivity contribution >= 4 is 21.7 Å². The van der Waals surface area contributed by atoms with Gasteiger partial charge in [0, 0.05) is 5.92 Å². The Balaban J connectivity index is 3.09. The van der Waals surface area contributed by atoms with Crippen LogP contribution in [0, 0.1) is 11.9 Å². The van der Waals surface area contributed by atoms with Crippen LogP contribution in [0.3, 0.4) is 0 Å². The zero-order valence-corrected chi connectivity index (χ0v) is 8.93. The molecule has 0 aliphatic carbocycles. The molecule has 1 aromatic rings. The number of nitrogens with zero attached hydrogens (tertiary/aromatic N) is 1. The molecule has 0 bridgehead atoms. The van der Waals surface area contributed by atoms with Crippen LogP contribution in [0.4, 0.5) is 4.39 Å². The van der Waals surface area contributed by atoms with Crippen molar-refractivity contribution in [1.29, 1.82) is 0 Å². The van der Waals surface area contributed by atoms with Gasteiger partial charge in [-0.05, 0) is 28.1 Å². The van der Waals surface area contributed by atoms with Crippen LogP contribution in [0.25, 0.3) is 0 Å². The van der Waals surface area contributed by atoms with Gasteiger partial charge in [0.25, 0.3) is 0 Å². The number of Topliss-reactive ketones (excluding diaryl/α,β-unsaturated/α-hetero) is 1. The van der Waals surface area contributed by atoms with Crippen LogP contribution in [0.2, 0.25) is 0 Å². The fourth-order valence-electron chi connectivity index (χ4n) is 0.907. The van der Waals surface area contributed by atoms with Gasteiger partial charge in [-0.25, -0.2) is 4.98 Å². The lowest BCUT2D eigenvalue weighted by atomic mass is 10.0. The van der Waals surface area contributed by atoms with Gasteiger partial charge >= 0.3 is 0 Å². The van der Waals surface area contributed by atoms with Crippen LogP contribution < -0.4 is 0 Å². The molecule has 0 spiro atoms. The Kier molecular flexibility index (Phi) is 3.14. The van der Waals surface area contributed by atoms with Crippen molar-refractivity contribution < 1.29 is 9.18 Å². The number of rotatable bonds is 2. The zero-order valence-electron chi connectivity index (χ0n) is 7.34. The SMILES string of the molecule is CC(C)C(=O)c1ccc(Br)nc1F. The summed E-state index contributed by atoms with van der Waals surface area (Å²) in [6.07, 6.45) is 0. The molecule has 0 N–H and O–H groups in total. The third-order valence-corrected chi connectivity index (χ3v) is 2.05. The summed E-state index contributed by atoms with van der Waals surface area (Å²) >= 11 is 3.02. The molecule has 0 aliphatic heterocycles. The molecule has 1 heterocycles. The minimum atomic E-state index is -0.715. The van der Waals surface area contributed by atoms with E-state index in [4.69, 9.17) is 0 Å². The number of pyridine rings is 1. The number of aromatic nitrogens is 1. The molecule has 4 heteroatoms. The smallest absolute Gasteiger partial charge is 0.224 e. The standard InChI is InChI=1S/C9H9BrFNO/c1-5(2)8(13)6-3-4-7(10)12-9(6)11/h3-5H,1-2H3. The van der Waals surface area contributed by atoms with E-state index in [-0.39, 0.29) is 17.3 Å². The molecule has 0 aliphatic rings. The first-order valence-corrected chi connectivity index (χ1v) is 4.68. The largest absolute Gasteiger partial charge is 0.294 e. The van der Waals surface area contributed by atoms with Crippen LogP contribution in [0.1, 0.15) is 24.2 Å². The molecule has 2 nitrogen and oxygen atoms in total. The molecule has 0 atom stereocenters. The molecule has 13 heavy (non-hydrogen) atoms. The van der Waals surface area contributed by atoms with Crippen LogP contribution in [-0.4, -0.2) is 10.8 Å². The van der Waals surface area contributed by atoms with Crippen molar-refractivity contribution in [2.75, 3.05) is 0 Å². The van der Waals surface area contributed by atoms with Crippen molar-refractivity contribution in [3.8, 4) is 0 Å². The maximum atomic E-state index is 13.1. The monoisotopic (exact) mass is 245 g/mol. The number of hydrogen-bond donors (Lipinski definition) is 0. The predicted molar refractivity (Wildman–Crippen MR) is 51.1 cm³/mol. The average molecular weight is 246 g/mol. The lowest BCUT2D eigenvalue weighted by Crippen LogP contribution is -2.10. The minimum absolute atomic E-state index is 0.0539. The molecular formula is C9H9BrFNO. The summed E-state index contributed by atoms with van der Waals surface area (Å²) < 4.78 is 13.5. The Morgan fingerprint density at radius 2 is 2.15 bits per heavy atom. The number of hydrogen-bond acceptors (Lipinski definition) is 2. The minimum Gasteiger partial charge on any atom is -0.294 e. The van der Waals surface area contributed by atoms with Gasteiger partial charge in [-0.3, -0.25) is 4.79 Å². The first-order chi connectivity index (χ1) is 6.02. The number of carbonyl (C=O) groups is 1. The van der Waals surface area contributed by atoms with Crippen LogP contribution in [0.15, 0.2) is 16.7 Å². The highest BCUT2D eigenvalue weighted by molar-refractivity contribution is 9.10. The molecule has 0 saturated heterocycles. The van der Waals surface area contributed by atoms with Gasteiger partial charge in [0.1, 0.15) is 4.60 Å². The molecule has 0 saturated carbocycles. The molecule has 70 valence electrons. The Morgan fingerprint density at radius 1 is 1.54 bits per heavy atom. The molecule has 0 radical (unpaired) electrons. The van der Waals surface area contributed by atoms with E-state index in [1.54, 1.807) is 19.9 Å².